The number of amides is 2. The summed E-state index contributed by atoms with van der Waals surface area (Å²) < 4.78 is 10.3. The molecule has 2 aromatic rings. The Kier molecular flexibility index (Phi) is 6.40. The molecule has 1 atom stereocenters. The van der Waals surface area contributed by atoms with E-state index in [9.17, 15) is 14.7 Å². The molecular formula is C18H21N3O5. The molecule has 0 aromatic heterocycles. The number of methoxy groups -OCH3 is 2. The van der Waals surface area contributed by atoms with Crippen LogP contribution in [0.15, 0.2) is 42.5 Å². The fourth-order valence-electron chi connectivity index (χ4n) is 2.36. The van der Waals surface area contributed by atoms with Gasteiger partial charge >= 0.3 is 0 Å². The van der Waals surface area contributed by atoms with Gasteiger partial charge in [-0.05, 0) is 29.8 Å². The summed E-state index contributed by atoms with van der Waals surface area (Å²) in [6, 6.07) is 10.1. The van der Waals surface area contributed by atoms with Crippen molar-refractivity contribution in [1.82, 2.24) is 10.7 Å². The quantitative estimate of drug-likeness (QED) is 0.328. The van der Waals surface area contributed by atoms with Gasteiger partial charge in [0.05, 0.1) is 14.2 Å². The standard InChI is InChI=1S/C18H21N3O5/c1-25-14-8-12(9-15(10-14)26-2)17(23)20-16(18(24)21-19)7-11-3-5-13(22)6-4-11/h3-6,8-10,16,22H,7,19H2,1-2H3,(H,20,23)(H,21,24)/t16-/m0/s1. The minimum absolute atomic E-state index is 0.112. The zero-order chi connectivity index (χ0) is 19.1. The van der Waals surface area contributed by atoms with Gasteiger partial charge in [-0.1, -0.05) is 12.1 Å². The molecule has 2 rings (SSSR count). The minimum Gasteiger partial charge on any atom is -0.508 e. The Morgan fingerprint density at radius 2 is 1.65 bits per heavy atom. The lowest BCUT2D eigenvalue weighted by molar-refractivity contribution is -0.123. The van der Waals surface area contributed by atoms with Gasteiger partial charge in [0.2, 0.25) is 0 Å². The Morgan fingerprint density at radius 1 is 1.08 bits per heavy atom. The number of rotatable bonds is 7. The van der Waals surface area contributed by atoms with E-state index in [1.807, 2.05) is 5.43 Å². The van der Waals surface area contributed by atoms with Gasteiger partial charge in [0.25, 0.3) is 11.8 Å². The Balaban J connectivity index is 2.20. The first kappa shape index (κ1) is 19.1. The number of ether oxygens (including phenoxy) is 2. The lowest BCUT2D eigenvalue weighted by atomic mass is 10.0. The van der Waals surface area contributed by atoms with Gasteiger partial charge in [0, 0.05) is 18.1 Å². The van der Waals surface area contributed by atoms with Crippen molar-refractivity contribution in [2.45, 2.75) is 12.5 Å². The van der Waals surface area contributed by atoms with E-state index in [4.69, 9.17) is 15.3 Å². The van der Waals surface area contributed by atoms with Crippen molar-refractivity contribution in [2.75, 3.05) is 14.2 Å². The van der Waals surface area contributed by atoms with E-state index in [0.717, 1.165) is 5.56 Å². The second kappa shape index (κ2) is 8.72. The first-order valence-electron chi connectivity index (χ1n) is 7.79. The fourth-order valence-corrected chi connectivity index (χ4v) is 2.36. The maximum atomic E-state index is 12.6. The number of aromatic hydroxyl groups is 1. The van der Waals surface area contributed by atoms with E-state index in [-0.39, 0.29) is 17.7 Å². The second-order valence-corrected chi connectivity index (χ2v) is 5.51. The van der Waals surface area contributed by atoms with Crippen molar-refractivity contribution in [1.29, 1.82) is 0 Å². The van der Waals surface area contributed by atoms with Gasteiger partial charge in [0.1, 0.15) is 23.3 Å². The van der Waals surface area contributed by atoms with Gasteiger partial charge in [-0.15, -0.1) is 0 Å². The monoisotopic (exact) mass is 359 g/mol. The summed E-state index contributed by atoms with van der Waals surface area (Å²) >= 11 is 0. The van der Waals surface area contributed by atoms with Crippen LogP contribution in [-0.2, 0) is 11.2 Å². The molecular weight excluding hydrogens is 338 g/mol. The molecule has 138 valence electrons. The number of phenolic OH excluding ortho intramolecular Hbond substituents is 1. The lowest BCUT2D eigenvalue weighted by Crippen LogP contribution is -2.50. The number of benzene rings is 2. The molecule has 0 fully saturated rings. The molecule has 0 saturated carbocycles. The molecule has 26 heavy (non-hydrogen) atoms. The van der Waals surface area contributed by atoms with E-state index < -0.39 is 17.9 Å². The van der Waals surface area contributed by atoms with E-state index in [2.05, 4.69) is 5.32 Å². The maximum Gasteiger partial charge on any atom is 0.256 e. The summed E-state index contributed by atoms with van der Waals surface area (Å²) in [4.78, 5) is 24.6. The zero-order valence-electron chi connectivity index (χ0n) is 14.5. The molecule has 0 aliphatic heterocycles. The van der Waals surface area contributed by atoms with Crippen LogP contribution in [0.2, 0.25) is 0 Å². The Labute approximate surface area is 150 Å². The number of nitrogens with one attached hydrogen (secondary N) is 2. The molecule has 0 spiro atoms. The van der Waals surface area contributed by atoms with Crippen LogP contribution in [0.25, 0.3) is 0 Å². The van der Waals surface area contributed by atoms with E-state index >= 15 is 0 Å². The summed E-state index contributed by atoms with van der Waals surface area (Å²) in [7, 11) is 2.96. The molecule has 0 unspecified atom stereocenters. The highest BCUT2D eigenvalue weighted by Crippen LogP contribution is 2.22. The van der Waals surface area contributed by atoms with Gasteiger partial charge in [-0.25, -0.2) is 5.84 Å². The predicted octanol–water partition coefficient (Wildman–Crippen LogP) is 0.740. The van der Waals surface area contributed by atoms with E-state index in [1.165, 1.54) is 38.5 Å². The van der Waals surface area contributed by atoms with E-state index in [0.29, 0.717) is 11.5 Å². The van der Waals surface area contributed by atoms with Gasteiger partial charge in [-0.3, -0.25) is 15.0 Å². The second-order valence-electron chi connectivity index (χ2n) is 5.51. The highest BCUT2D eigenvalue weighted by atomic mass is 16.5. The van der Waals surface area contributed by atoms with Crippen LogP contribution in [0.1, 0.15) is 15.9 Å². The molecule has 8 heteroatoms. The summed E-state index contributed by atoms with van der Waals surface area (Å²) in [6.45, 7) is 0. The van der Waals surface area contributed by atoms with E-state index in [1.54, 1.807) is 18.2 Å². The average molecular weight is 359 g/mol. The van der Waals surface area contributed by atoms with Gasteiger partial charge in [-0.2, -0.15) is 0 Å². The minimum atomic E-state index is -0.894. The number of hydrazine groups is 1. The van der Waals surface area contributed by atoms with Crippen LogP contribution >= 0.6 is 0 Å². The predicted molar refractivity (Wildman–Crippen MR) is 94.9 cm³/mol. The van der Waals surface area contributed by atoms with Gasteiger partial charge < -0.3 is 19.9 Å². The normalized spacial score (nSPS) is 11.3. The van der Waals surface area contributed by atoms with Crippen molar-refractivity contribution >= 4 is 11.8 Å². The van der Waals surface area contributed by atoms with Crippen LogP contribution in [-0.4, -0.2) is 37.2 Å². The molecule has 2 amide bonds. The number of carbonyl (C=O) groups excluding carboxylic acids is 2. The molecule has 8 nitrogen and oxygen atoms in total. The molecule has 0 radical (unpaired) electrons. The van der Waals surface area contributed by atoms with Crippen molar-refractivity contribution < 1.29 is 24.2 Å². The third kappa shape index (κ3) is 4.87. The zero-order valence-corrected chi connectivity index (χ0v) is 14.5. The van der Waals surface area contributed by atoms with Crippen molar-refractivity contribution in [3.05, 3.63) is 53.6 Å². The molecule has 0 aliphatic carbocycles. The Morgan fingerprint density at radius 3 is 2.15 bits per heavy atom. The molecule has 0 aliphatic rings. The number of hydrogen-bond acceptors (Lipinski definition) is 6. The van der Waals surface area contributed by atoms with Crippen LogP contribution in [0.3, 0.4) is 0 Å². The van der Waals surface area contributed by atoms with Crippen LogP contribution in [0, 0.1) is 0 Å². The Hall–Kier alpha value is -3.26. The van der Waals surface area contributed by atoms with Crippen LogP contribution in [0.4, 0.5) is 0 Å². The highest BCUT2D eigenvalue weighted by molar-refractivity contribution is 5.98. The maximum absolute atomic E-state index is 12.6. The third-order valence-corrected chi connectivity index (χ3v) is 3.75. The number of nitrogens with two attached hydrogens (primary N) is 1. The number of hydrogen-bond donors (Lipinski definition) is 4. The largest absolute Gasteiger partial charge is 0.508 e. The highest BCUT2D eigenvalue weighted by Gasteiger charge is 2.22. The van der Waals surface area contributed by atoms with Crippen molar-refractivity contribution in [3.8, 4) is 17.2 Å². The van der Waals surface area contributed by atoms with Crippen molar-refractivity contribution in [3.63, 3.8) is 0 Å². The summed E-state index contributed by atoms with van der Waals surface area (Å²) in [5.74, 6) is 5.22. The summed E-state index contributed by atoms with van der Waals surface area (Å²) in [5, 5.41) is 12.0. The molecule has 5 N–H and O–H groups in total. The molecule has 0 saturated heterocycles. The summed E-state index contributed by atoms with van der Waals surface area (Å²) in [5.41, 5.74) is 3.08. The number of carbonyl (C=O) groups is 2. The Bertz CT molecular complexity index is 755. The first-order chi connectivity index (χ1) is 12.5. The SMILES string of the molecule is COc1cc(OC)cc(C(=O)N[C@@H](Cc2ccc(O)cc2)C(=O)NN)c1. The first-order valence-corrected chi connectivity index (χ1v) is 7.79. The molecule has 2 aromatic carbocycles. The lowest BCUT2D eigenvalue weighted by Gasteiger charge is -2.18. The smallest absolute Gasteiger partial charge is 0.256 e. The van der Waals surface area contributed by atoms with Crippen LogP contribution in [0.5, 0.6) is 17.2 Å². The molecule has 0 heterocycles. The topological polar surface area (TPSA) is 123 Å². The van der Waals surface area contributed by atoms with Crippen LogP contribution < -0.4 is 26.1 Å². The summed E-state index contributed by atoms with van der Waals surface area (Å²) in [6.07, 6.45) is 0.205. The molecule has 0 bridgehead atoms. The third-order valence-electron chi connectivity index (χ3n) is 3.75. The average Bonchev–Trinajstić information content (AvgIpc) is 2.67. The fraction of sp³-hybridized carbons (Fsp3) is 0.222. The van der Waals surface area contributed by atoms with Crippen molar-refractivity contribution in [2.24, 2.45) is 5.84 Å². The van der Waals surface area contributed by atoms with Gasteiger partial charge in [0.15, 0.2) is 0 Å². The number of phenols is 1.